The van der Waals surface area contributed by atoms with E-state index in [2.05, 4.69) is 33.0 Å². The number of amides is 1. The fourth-order valence-electron chi connectivity index (χ4n) is 3.21. The van der Waals surface area contributed by atoms with Crippen molar-refractivity contribution in [2.75, 3.05) is 0 Å². The molecule has 2 rings (SSSR count). The third-order valence-electron chi connectivity index (χ3n) is 4.11. The molecule has 0 aromatic carbocycles. The Kier molecular flexibility index (Phi) is 4.47. The van der Waals surface area contributed by atoms with Gasteiger partial charge in [0.25, 0.3) is 0 Å². The van der Waals surface area contributed by atoms with E-state index in [0.29, 0.717) is 12.3 Å². The van der Waals surface area contributed by atoms with Crippen LogP contribution in [0.3, 0.4) is 0 Å². The number of carbonyl (C=O) groups is 1. The van der Waals surface area contributed by atoms with Crippen LogP contribution in [0.5, 0.6) is 0 Å². The number of furan rings is 1. The zero-order valence-corrected chi connectivity index (χ0v) is 13.8. The van der Waals surface area contributed by atoms with E-state index in [0.717, 1.165) is 29.9 Å². The van der Waals surface area contributed by atoms with Crippen LogP contribution in [0.25, 0.3) is 0 Å². The lowest BCUT2D eigenvalue weighted by Crippen LogP contribution is -2.45. The van der Waals surface area contributed by atoms with Crippen LogP contribution < -0.4 is 11.1 Å². The minimum atomic E-state index is -0.438. The molecule has 1 aliphatic rings. The van der Waals surface area contributed by atoms with Crippen LogP contribution >= 0.6 is 0 Å². The first-order chi connectivity index (χ1) is 9.68. The Labute approximate surface area is 127 Å². The molecule has 1 aromatic rings. The van der Waals surface area contributed by atoms with Gasteiger partial charge in [0.15, 0.2) is 0 Å². The minimum Gasteiger partial charge on any atom is -0.466 e. The summed E-state index contributed by atoms with van der Waals surface area (Å²) in [5.41, 5.74) is 7.24. The van der Waals surface area contributed by atoms with Crippen molar-refractivity contribution in [3.8, 4) is 0 Å². The normalized spacial score (nSPS) is 22.0. The second-order valence-electron chi connectivity index (χ2n) is 7.58. The molecule has 4 heteroatoms. The van der Waals surface area contributed by atoms with Crippen molar-refractivity contribution in [1.82, 2.24) is 5.32 Å². The van der Waals surface area contributed by atoms with Crippen LogP contribution in [0.4, 0.5) is 0 Å². The van der Waals surface area contributed by atoms with Gasteiger partial charge in [-0.1, -0.05) is 27.7 Å². The molecule has 21 heavy (non-hydrogen) atoms. The molecule has 4 nitrogen and oxygen atoms in total. The molecule has 0 saturated heterocycles. The first kappa shape index (κ1) is 16.1. The van der Waals surface area contributed by atoms with E-state index in [9.17, 15) is 4.79 Å². The highest BCUT2D eigenvalue weighted by Crippen LogP contribution is 2.42. The van der Waals surface area contributed by atoms with Gasteiger partial charge in [-0.05, 0) is 37.2 Å². The molecule has 2 unspecified atom stereocenters. The van der Waals surface area contributed by atoms with Crippen molar-refractivity contribution in [2.45, 2.75) is 66.0 Å². The summed E-state index contributed by atoms with van der Waals surface area (Å²) >= 11 is 0. The molecule has 1 aromatic heterocycles. The molecule has 0 fully saturated rings. The standard InChI is InChI=1S/C17H28N2O2/c1-10(2)6-13(18)16(20)19-14-8-17(4,5)9-15-12(14)7-11(3)21-15/h7,10,13-14H,6,8-9,18H2,1-5H3,(H,19,20). The molecule has 1 heterocycles. The smallest absolute Gasteiger partial charge is 0.237 e. The van der Waals surface area contributed by atoms with Crippen molar-refractivity contribution < 1.29 is 9.21 Å². The van der Waals surface area contributed by atoms with Crippen LogP contribution in [-0.4, -0.2) is 11.9 Å². The summed E-state index contributed by atoms with van der Waals surface area (Å²) in [6.45, 7) is 10.5. The summed E-state index contributed by atoms with van der Waals surface area (Å²) in [7, 11) is 0. The molecule has 3 N–H and O–H groups in total. The lowest BCUT2D eigenvalue weighted by molar-refractivity contribution is -0.123. The van der Waals surface area contributed by atoms with E-state index in [1.165, 1.54) is 0 Å². The molecule has 118 valence electrons. The molecule has 0 saturated carbocycles. The zero-order valence-electron chi connectivity index (χ0n) is 13.8. The Morgan fingerprint density at radius 1 is 1.52 bits per heavy atom. The molecule has 0 bridgehead atoms. The maximum absolute atomic E-state index is 12.3. The molecule has 1 amide bonds. The van der Waals surface area contributed by atoms with Crippen LogP contribution in [0, 0.1) is 18.3 Å². The van der Waals surface area contributed by atoms with Crippen molar-refractivity contribution in [2.24, 2.45) is 17.1 Å². The van der Waals surface area contributed by atoms with Gasteiger partial charge in [-0.15, -0.1) is 0 Å². The largest absolute Gasteiger partial charge is 0.466 e. The Morgan fingerprint density at radius 2 is 2.19 bits per heavy atom. The predicted molar refractivity (Wildman–Crippen MR) is 83.9 cm³/mol. The van der Waals surface area contributed by atoms with E-state index >= 15 is 0 Å². The third-order valence-corrected chi connectivity index (χ3v) is 4.11. The highest BCUT2D eigenvalue weighted by atomic mass is 16.3. The monoisotopic (exact) mass is 292 g/mol. The quantitative estimate of drug-likeness (QED) is 0.896. The van der Waals surface area contributed by atoms with E-state index in [-0.39, 0.29) is 17.4 Å². The Hall–Kier alpha value is -1.29. The summed E-state index contributed by atoms with van der Waals surface area (Å²) in [6.07, 6.45) is 2.54. The molecular weight excluding hydrogens is 264 g/mol. The average molecular weight is 292 g/mol. The number of hydrogen-bond acceptors (Lipinski definition) is 3. The van der Waals surface area contributed by atoms with Crippen LogP contribution in [0.1, 0.15) is 63.7 Å². The van der Waals surface area contributed by atoms with Gasteiger partial charge >= 0.3 is 0 Å². The number of rotatable bonds is 4. The molecule has 1 aliphatic carbocycles. The van der Waals surface area contributed by atoms with Gasteiger partial charge < -0.3 is 15.5 Å². The molecular formula is C17H28N2O2. The first-order valence-electron chi connectivity index (χ1n) is 7.83. The van der Waals surface area contributed by atoms with E-state index in [1.807, 2.05) is 13.0 Å². The number of carbonyl (C=O) groups excluding carboxylic acids is 1. The average Bonchev–Trinajstić information content (AvgIpc) is 2.66. The zero-order chi connectivity index (χ0) is 15.8. The van der Waals surface area contributed by atoms with Gasteiger partial charge in [0.2, 0.25) is 5.91 Å². The molecule has 0 radical (unpaired) electrons. The summed E-state index contributed by atoms with van der Waals surface area (Å²) in [4.78, 5) is 12.3. The van der Waals surface area contributed by atoms with E-state index in [4.69, 9.17) is 10.2 Å². The second kappa shape index (κ2) is 5.84. The Morgan fingerprint density at radius 3 is 2.81 bits per heavy atom. The molecule has 0 aliphatic heterocycles. The maximum atomic E-state index is 12.3. The fraction of sp³-hybridized carbons (Fsp3) is 0.706. The van der Waals surface area contributed by atoms with E-state index in [1.54, 1.807) is 0 Å². The molecule has 0 spiro atoms. The number of nitrogens with two attached hydrogens (primary N) is 1. The van der Waals surface area contributed by atoms with Gasteiger partial charge in [0.05, 0.1) is 12.1 Å². The summed E-state index contributed by atoms with van der Waals surface area (Å²) < 4.78 is 5.80. The SMILES string of the molecule is Cc1cc2c(o1)CC(C)(C)CC2NC(=O)C(N)CC(C)C. The van der Waals surface area contributed by atoms with Gasteiger partial charge in [-0.3, -0.25) is 4.79 Å². The lowest BCUT2D eigenvalue weighted by atomic mass is 9.74. The van der Waals surface area contributed by atoms with Crippen molar-refractivity contribution >= 4 is 5.91 Å². The Balaban J connectivity index is 2.14. The van der Waals surface area contributed by atoms with Crippen molar-refractivity contribution in [1.29, 1.82) is 0 Å². The van der Waals surface area contributed by atoms with Crippen LogP contribution in [-0.2, 0) is 11.2 Å². The fourth-order valence-corrected chi connectivity index (χ4v) is 3.21. The lowest BCUT2D eigenvalue weighted by Gasteiger charge is -2.35. The van der Waals surface area contributed by atoms with E-state index < -0.39 is 6.04 Å². The summed E-state index contributed by atoms with van der Waals surface area (Å²) in [5, 5.41) is 3.13. The van der Waals surface area contributed by atoms with Crippen molar-refractivity contribution in [3.05, 3.63) is 23.2 Å². The van der Waals surface area contributed by atoms with Gasteiger partial charge in [-0.25, -0.2) is 0 Å². The summed E-state index contributed by atoms with van der Waals surface area (Å²) in [6, 6.07) is 1.61. The number of hydrogen-bond donors (Lipinski definition) is 2. The number of nitrogens with one attached hydrogen (secondary N) is 1. The minimum absolute atomic E-state index is 0.00640. The van der Waals surface area contributed by atoms with Crippen LogP contribution in [0.15, 0.2) is 10.5 Å². The highest BCUT2D eigenvalue weighted by molar-refractivity contribution is 5.82. The number of fused-ring (bicyclic) bond motifs is 1. The van der Waals surface area contributed by atoms with Crippen LogP contribution in [0.2, 0.25) is 0 Å². The van der Waals surface area contributed by atoms with Gasteiger partial charge in [-0.2, -0.15) is 0 Å². The van der Waals surface area contributed by atoms with Crippen molar-refractivity contribution in [3.63, 3.8) is 0 Å². The highest BCUT2D eigenvalue weighted by Gasteiger charge is 2.36. The second-order valence-corrected chi connectivity index (χ2v) is 7.58. The van der Waals surface area contributed by atoms with Gasteiger partial charge in [0, 0.05) is 12.0 Å². The Bertz CT molecular complexity index is 517. The first-order valence-corrected chi connectivity index (χ1v) is 7.83. The maximum Gasteiger partial charge on any atom is 0.237 e. The summed E-state index contributed by atoms with van der Waals surface area (Å²) in [5.74, 6) is 2.27. The topological polar surface area (TPSA) is 68.3 Å². The predicted octanol–water partition coefficient (Wildman–Crippen LogP) is 3.09. The third kappa shape index (κ3) is 3.88. The number of aryl methyl sites for hydroxylation is 1. The molecule has 2 atom stereocenters. The van der Waals surface area contributed by atoms with Gasteiger partial charge in [0.1, 0.15) is 11.5 Å².